The normalized spacial score (nSPS) is 11.8. The van der Waals surface area contributed by atoms with E-state index in [0.717, 1.165) is 17.8 Å². The van der Waals surface area contributed by atoms with Crippen LogP contribution in [0.25, 0.3) is 0 Å². The van der Waals surface area contributed by atoms with Gasteiger partial charge >= 0.3 is 0 Å². The summed E-state index contributed by atoms with van der Waals surface area (Å²) in [7, 11) is 0. The van der Waals surface area contributed by atoms with Gasteiger partial charge in [-0.25, -0.2) is 0 Å². The van der Waals surface area contributed by atoms with E-state index in [0.29, 0.717) is 0 Å². The van der Waals surface area contributed by atoms with Gasteiger partial charge in [-0.1, -0.05) is 42.8 Å². The van der Waals surface area contributed by atoms with Gasteiger partial charge in [0.1, 0.15) is 6.04 Å². The zero-order valence-corrected chi connectivity index (χ0v) is 12.8. The van der Waals surface area contributed by atoms with E-state index in [1.165, 1.54) is 11.1 Å². The first kappa shape index (κ1) is 15.1. The Kier molecular flexibility index (Phi) is 4.99. The molecule has 0 aliphatic heterocycles. The first-order valence-corrected chi connectivity index (χ1v) is 7.32. The van der Waals surface area contributed by atoms with Crippen molar-refractivity contribution in [3.63, 3.8) is 0 Å². The lowest BCUT2D eigenvalue weighted by Gasteiger charge is -2.17. The molecule has 2 aromatic rings. The summed E-state index contributed by atoms with van der Waals surface area (Å²) in [5.74, 6) is -0.0373. The monoisotopic (exact) mass is 282 g/mol. The molecule has 2 N–H and O–H groups in total. The van der Waals surface area contributed by atoms with Crippen LogP contribution in [0.4, 0.5) is 11.4 Å². The third kappa shape index (κ3) is 4.09. The highest BCUT2D eigenvalue weighted by atomic mass is 16.2. The summed E-state index contributed by atoms with van der Waals surface area (Å²) in [6, 6.07) is 15.6. The number of hydrogen-bond acceptors (Lipinski definition) is 2. The molecule has 2 aromatic carbocycles. The second-order valence-corrected chi connectivity index (χ2v) is 5.23. The Morgan fingerprint density at radius 2 is 1.76 bits per heavy atom. The summed E-state index contributed by atoms with van der Waals surface area (Å²) in [5, 5.41) is 6.21. The molecular formula is C18H22N2O. The molecule has 3 heteroatoms. The summed E-state index contributed by atoms with van der Waals surface area (Å²) in [6.07, 6.45) is 0.940. The molecule has 1 unspecified atom stereocenters. The predicted molar refractivity (Wildman–Crippen MR) is 88.7 cm³/mol. The van der Waals surface area contributed by atoms with Crippen LogP contribution in [0.2, 0.25) is 0 Å². The average Bonchev–Trinajstić information content (AvgIpc) is 2.50. The van der Waals surface area contributed by atoms with Crippen molar-refractivity contribution in [2.75, 3.05) is 10.6 Å². The van der Waals surface area contributed by atoms with Crippen LogP contribution >= 0.6 is 0 Å². The van der Waals surface area contributed by atoms with Crippen molar-refractivity contribution in [1.29, 1.82) is 0 Å². The average molecular weight is 282 g/mol. The van der Waals surface area contributed by atoms with Crippen molar-refractivity contribution in [2.24, 2.45) is 0 Å². The number of rotatable bonds is 5. The maximum atomic E-state index is 12.2. The first-order chi connectivity index (χ1) is 10.1. The molecule has 3 nitrogen and oxygen atoms in total. The van der Waals surface area contributed by atoms with Crippen molar-refractivity contribution in [1.82, 2.24) is 0 Å². The van der Waals surface area contributed by atoms with Gasteiger partial charge in [-0.2, -0.15) is 0 Å². The van der Waals surface area contributed by atoms with E-state index in [1.807, 2.05) is 56.3 Å². The SMILES string of the molecule is CCc1ccccc1NC(C)C(=O)Nc1ccc(C)cc1. The minimum atomic E-state index is -0.293. The zero-order valence-electron chi connectivity index (χ0n) is 12.8. The number of carbonyl (C=O) groups is 1. The number of benzene rings is 2. The summed E-state index contributed by atoms with van der Waals surface area (Å²) >= 11 is 0. The van der Waals surface area contributed by atoms with Crippen LogP contribution in [0.1, 0.15) is 25.0 Å². The lowest BCUT2D eigenvalue weighted by Crippen LogP contribution is -2.32. The van der Waals surface area contributed by atoms with Gasteiger partial charge in [-0.3, -0.25) is 4.79 Å². The van der Waals surface area contributed by atoms with Crippen molar-refractivity contribution in [2.45, 2.75) is 33.2 Å². The van der Waals surface area contributed by atoms with Gasteiger partial charge < -0.3 is 10.6 Å². The lowest BCUT2D eigenvalue weighted by atomic mass is 10.1. The van der Waals surface area contributed by atoms with Crippen molar-refractivity contribution >= 4 is 17.3 Å². The molecule has 0 saturated carbocycles. The Labute approximate surface area is 126 Å². The standard InChI is InChI=1S/C18H22N2O/c1-4-15-7-5-6-8-17(15)19-14(3)18(21)20-16-11-9-13(2)10-12-16/h5-12,14,19H,4H2,1-3H3,(H,20,21). The fourth-order valence-electron chi connectivity index (χ4n) is 2.16. The van der Waals surface area contributed by atoms with Crippen molar-refractivity contribution in [3.8, 4) is 0 Å². The lowest BCUT2D eigenvalue weighted by molar-refractivity contribution is -0.116. The van der Waals surface area contributed by atoms with Gasteiger partial charge in [0.15, 0.2) is 0 Å². The molecule has 1 atom stereocenters. The minimum Gasteiger partial charge on any atom is -0.374 e. The van der Waals surface area contributed by atoms with Crippen LogP contribution in [0, 0.1) is 6.92 Å². The molecule has 0 fully saturated rings. The second kappa shape index (κ2) is 6.93. The molecule has 0 spiro atoms. The first-order valence-electron chi connectivity index (χ1n) is 7.32. The van der Waals surface area contributed by atoms with Crippen LogP contribution < -0.4 is 10.6 Å². The molecule has 0 aromatic heterocycles. The van der Waals surface area contributed by atoms with E-state index in [2.05, 4.69) is 23.6 Å². The van der Waals surface area contributed by atoms with E-state index >= 15 is 0 Å². The number of amides is 1. The molecule has 0 aliphatic carbocycles. The molecule has 0 aliphatic rings. The van der Waals surface area contributed by atoms with Gasteiger partial charge in [-0.15, -0.1) is 0 Å². The number of anilines is 2. The Morgan fingerprint density at radius 1 is 1.10 bits per heavy atom. The highest BCUT2D eigenvalue weighted by Gasteiger charge is 2.13. The molecule has 0 bridgehead atoms. The highest BCUT2D eigenvalue weighted by molar-refractivity contribution is 5.96. The van der Waals surface area contributed by atoms with E-state index in [4.69, 9.17) is 0 Å². The van der Waals surface area contributed by atoms with Gasteiger partial charge in [0.25, 0.3) is 0 Å². The van der Waals surface area contributed by atoms with Crippen LogP contribution in [-0.4, -0.2) is 11.9 Å². The molecule has 21 heavy (non-hydrogen) atoms. The predicted octanol–water partition coefficient (Wildman–Crippen LogP) is 4.00. The van der Waals surface area contributed by atoms with Crippen LogP contribution in [0.5, 0.6) is 0 Å². The van der Waals surface area contributed by atoms with Gasteiger partial charge in [-0.05, 0) is 44.0 Å². The molecular weight excluding hydrogens is 260 g/mol. The van der Waals surface area contributed by atoms with Crippen molar-refractivity contribution in [3.05, 3.63) is 59.7 Å². The molecule has 1 amide bonds. The molecule has 110 valence electrons. The Morgan fingerprint density at radius 3 is 2.43 bits per heavy atom. The summed E-state index contributed by atoms with van der Waals surface area (Å²) < 4.78 is 0. The minimum absolute atomic E-state index is 0.0373. The Balaban J connectivity index is 2.01. The van der Waals surface area contributed by atoms with E-state index < -0.39 is 0 Å². The summed E-state index contributed by atoms with van der Waals surface area (Å²) in [4.78, 5) is 12.2. The number of nitrogens with one attached hydrogen (secondary N) is 2. The quantitative estimate of drug-likeness (QED) is 0.870. The number of aryl methyl sites for hydroxylation is 2. The smallest absolute Gasteiger partial charge is 0.246 e. The van der Waals surface area contributed by atoms with E-state index in [9.17, 15) is 4.79 Å². The highest BCUT2D eigenvalue weighted by Crippen LogP contribution is 2.17. The Bertz CT molecular complexity index is 605. The topological polar surface area (TPSA) is 41.1 Å². The summed E-state index contributed by atoms with van der Waals surface area (Å²) in [6.45, 7) is 6.00. The van der Waals surface area contributed by atoms with Gasteiger partial charge in [0, 0.05) is 11.4 Å². The van der Waals surface area contributed by atoms with E-state index in [1.54, 1.807) is 0 Å². The number of para-hydroxylation sites is 1. The fourth-order valence-corrected chi connectivity index (χ4v) is 2.16. The fraction of sp³-hybridized carbons (Fsp3) is 0.278. The second-order valence-electron chi connectivity index (χ2n) is 5.23. The molecule has 0 saturated heterocycles. The Hall–Kier alpha value is -2.29. The van der Waals surface area contributed by atoms with E-state index in [-0.39, 0.29) is 11.9 Å². The number of hydrogen-bond donors (Lipinski definition) is 2. The maximum absolute atomic E-state index is 12.2. The molecule has 0 radical (unpaired) electrons. The summed E-state index contributed by atoms with van der Waals surface area (Å²) in [5.41, 5.74) is 4.23. The largest absolute Gasteiger partial charge is 0.374 e. The van der Waals surface area contributed by atoms with Crippen LogP contribution in [-0.2, 0) is 11.2 Å². The number of carbonyl (C=O) groups excluding carboxylic acids is 1. The zero-order chi connectivity index (χ0) is 15.2. The third-order valence-electron chi connectivity index (χ3n) is 3.48. The van der Waals surface area contributed by atoms with Gasteiger partial charge in [0.2, 0.25) is 5.91 Å². The van der Waals surface area contributed by atoms with Crippen molar-refractivity contribution < 1.29 is 4.79 Å². The molecule has 2 rings (SSSR count). The van der Waals surface area contributed by atoms with Crippen LogP contribution in [0.15, 0.2) is 48.5 Å². The molecule has 0 heterocycles. The van der Waals surface area contributed by atoms with Crippen LogP contribution in [0.3, 0.4) is 0 Å². The van der Waals surface area contributed by atoms with Gasteiger partial charge in [0.05, 0.1) is 0 Å². The third-order valence-corrected chi connectivity index (χ3v) is 3.48. The maximum Gasteiger partial charge on any atom is 0.246 e.